The van der Waals surface area contributed by atoms with Crippen LogP contribution in [-0.2, 0) is 15.9 Å². The molecule has 1 fully saturated rings. The topological polar surface area (TPSA) is 36.9 Å². The zero-order chi connectivity index (χ0) is 11.7. The molecule has 2 aliphatic heterocycles. The van der Waals surface area contributed by atoms with Crippen molar-refractivity contribution in [2.75, 3.05) is 20.0 Å². The van der Waals surface area contributed by atoms with Crippen LogP contribution in [0.25, 0.3) is 0 Å². The molecule has 0 amide bonds. The normalized spacial score (nSPS) is 18.6. The number of hydrogen-bond acceptors (Lipinski definition) is 4. The second kappa shape index (κ2) is 4.39. The van der Waals surface area contributed by atoms with Crippen LogP contribution in [0.3, 0.4) is 0 Å². The first-order chi connectivity index (χ1) is 8.38. The Morgan fingerprint density at radius 2 is 1.88 bits per heavy atom. The molecule has 0 N–H and O–H groups in total. The lowest BCUT2D eigenvalue weighted by Crippen LogP contribution is -2.02. The van der Waals surface area contributed by atoms with E-state index in [0.29, 0.717) is 13.2 Å². The molecular weight excluding hydrogens is 220 g/mol. The molecule has 0 aliphatic carbocycles. The van der Waals surface area contributed by atoms with Crippen molar-refractivity contribution in [1.29, 1.82) is 0 Å². The summed E-state index contributed by atoms with van der Waals surface area (Å²) in [5, 5.41) is 0. The van der Waals surface area contributed by atoms with Crippen molar-refractivity contribution in [3.8, 4) is 11.5 Å². The van der Waals surface area contributed by atoms with E-state index in [4.69, 9.17) is 18.9 Å². The average Bonchev–Trinajstić information content (AvgIpc) is 2.98. The lowest BCUT2D eigenvalue weighted by atomic mass is 10.0. The quantitative estimate of drug-likeness (QED) is 0.751. The van der Waals surface area contributed by atoms with Gasteiger partial charge in [0.05, 0.1) is 13.2 Å². The summed E-state index contributed by atoms with van der Waals surface area (Å²) in [5.74, 6) is 1.54. The first-order valence-electron chi connectivity index (χ1n) is 5.65. The monoisotopic (exact) mass is 234 g/mol. The molecular formula is C13H14O4. The van der Waals surface area contributed by atoms with Crippen LogP contribution < -0.4 is 9.47 Å². The zero-order valence-electron chi connectivity index (χ0n) is 9.48. The highest BCUT2D eigenvalue weighted by Gasteiger charge is 2.25. The maximum Gasteiger partial charge on any atom is 0.231 e. The van der Waals surface area contributed by atoms with E-state index in [1.165, 1.54) is 0 Å². The van der Waals surface area contributed by atoms with E-state index >= 15 is 0 Å². The molecule has 2 aliphatic rings. The van der Waals surface area contributed by atoms with Crippen molar-refractivity contribution in [3.05, 3.63) is 35.9 Å². The van der Waals surface area contributed by atoms with Crippen LogP contribution >= 0.6 is 0 Å². The van der Waals surface area contributed by atoms with Gasteiger partial charge in [0.15, 0.2) is 17.8 Å². The van der Waals surface area contributed by atoms with Gasteiger partial charge in [-0.2, -0.15) is 0 Å². The van der Waals surface area contributed by atoms with Gasteiger partial charge < -0.3 is 18.9 Å². The summed E-state index contributed by atoms with van der Waals surface area (Å²) in [6.45, 7) is 5.30. The van der Waals surface area contributed by atoms with Crippen LogP contribution in [0.2, 0.25) is 0 Å². The predicted octanol–water partition coefficient (Wildman–Crippen LogP) is 2.19. The van der Waals surface area contributed by atoms with Crippen LogP contribution in [0, 0.1) is 0 Å². The summed E-state index contributed by atoms with van der Waals surface area (Å²) in [6, 6.07) is 3.92. The Morgan fingerprint density at radius 3 is 2.59 bits per heavy atom. The van der Waals surface area contributed by atoms with Gasteiger partial charge in [-0.05, 0) is 24.1 Å². The lowest BCUT2D eigenvalue weighted by molar-refractivity contribution is -0.0447. The maximum absolute atomic E-state index is 5.53. The average molecular weight is 234 g/mol. The van der Waals surface area contributed by atoms with Crippen LogP contribution in [0.4, 0.5) is 0 Å². The molecule has 0 radical (unpaired) electrons. The second-order valence-corrected chi connectivity index (χ2v) is 3.97. The maximum atomic E-state index is 5.53. The third-order valence-corrected chi connectivity index (χ3v) is 2.87. The van der Waals surface area contributed by atoms with Crippen molar-refractivity contribution >= 4 is 0 Å². The van der Waals surface area contributed by atoms with Crippen molar-refractivity contribution < 1.29 is 18.9 Å². The van der Waals surface area contributed by atoms with Gasteiger partial charge in [-0.3, -0.25) is 0 Å². The summed E-state index contributed by atoms with van der Waals surface area (Å²) in [5.41, 5.74) is 2.11. The Balaban J connectivity index is 2.01. The molecule has 0 spiro atoms. The summed E-state index contributed by atoms with van der Waals surface area (Å²) in [6.07, 6.45) is 2.32. The fraction of sp³-hybridized carbons (Fsp3) is 0.385. The second-order valence-electron chi connectivity index (χ2n) is 3.97. The summed E-state index contributed by atoms with van der Waals surface area (Å²) in [7, 11) is 0. The van der Waals surface area contributed by atoms with Crippen LogP contribution in [-0.4, -0.2) is 20.0 Å². The molecule has 0 aromatic heterocycles. The van der Waals surface area contributed by atoms with Crippen LogP contribution in [0.5, 0.6) is 11.5 Å². The van der Waals surface area contributed by atoms with E-state index in [1.807, 2.05) is 18.2 Å². The van der Waals surface area contributed by atoms with Gasteiger partial charge in [-0.25, -0.2) is 0 Å². The fourth-order valence-electron chi connectivity index (χ4n) is 2.09. The minimum atomic E-state index is -0.292. The molecule has 90 valence electrons. The molecule has 0 unspecified atom stereocenters. The van der Waals surface area contributed by atoms with Gasteiger partial charge in [0.2, 0.25) is 6.79 Å². The smallest absolute Gasteiger partial charge is 0.231 e. The molecule has 1 aromatic rings. The summed E-state index contributed by atoms with van der Waals surface area (Å²) >= 11 is 0. The first kappa shape index (κ1) is 10.6. The standard InChI is InChI=1S/C13H14O4/c1-2-3-9-6-11-12(17-8-16-11)7-10(9)13-14-4-5-15-13/h2,6-7,13H,1,3-5,8H2. The minimum absolute atomic E-state index is 0.276. The molecule has 4 nitrogen and oxygen atoms in total. The zero-order valence-corrected chi connectivity index (χ0v) is 9.48. The number of fused-ring (bicyclic) bond motifs is 1. The SMILES string of the molecule is C=CCc1cc2c(cc1C1OCCO1)OCO2. The van der Waals surface area contributed by atoms with Gasteiger partial charge in [-0.1, -0.05) is 6.08 Å². The number of rotatable bonds is 3. The van der Waals surface area contributed by atoms with E-state index in [-0.39, 0.29) is 13.1 Å². The molecule has 0 bridgehead atoms. The van der Waals surface area contributed by atoms with E-state index in [1.54, 1.807) is 0 Å². The number of hydrogen-bond donors (Lipinski definition) is 0. The summed E-state index contributed by atoms with van der Waals surface area (Å²) in [4.78, 5) is 0. The fourth-order valence-corrected chi connectivity index (χ4v) is 2.09. The first-order valence-corrected chi connectivity index (χ1v) is 5.65. The minimum Gasteiger partial charge on any atom is -0.454 e. The molecule has 3 rings (SSSR count). The number of benzene rings is 1. The molecule has 4 heteroatoms. The molecule has 0 saturated carbocycles. The number of ether oxygens (including phenoxy) is 4. The van der Waals surface area contributed by atoms with Crippen LogP contribution in [0.1, 0.15) is 17.4 Å². The largest absolute Gasteiger partial charge is 0.454 e. The third kappa shape index (κ3) is 1.90. The van der Waals surface area contributed by atoms with Crippen molar-refractivity contribution in [1.82, 2.24) is 0 Å². The Kier molecular flexibility index (Phi) is 2.74. The van der Waals surface area contributed by atoms with Gasteiger partial charge >= 0.3 is 0 Å². The van der Waals surface area contributed by atoms with E-state index in [2.05, 4.69) is 6.58 Å². The number of allylic oxidation sites excluding steroid dienone is 1. The van der Waals surface area contributed by atoms with Crippen LogP contribution in [0.15, 0.2) is 24.8 Å². The molecule has 1 saturated heterocycles. The molecule has 0 atom stereocenters. The Morgan fingerprint density at radius 1 is 1.18 bits per heavy atom. The highest BCUT2D eigenvalue weighted by atomic mass is 16.7. The van der Waals surface area contributed by atoms with Gasteiger partial charge in [-0.15, -0.1) is 6.58 Å². The highest BCUT2D eigenvalue weighted by molar-refractivity contribution is 5.49. The van der Waals surface area contributed by atoms with E-state index in [9.17, 15) is 0 Å². The Labute approximate surface area is 99.7 Å². The van der Waals surface area contributed by atoms with Crippen molar-refractivity contribution in [2.24, 2.45) is 0 Å². The lowest BCUT2D eigenvalue weighted by Gasteiger charge is -2.14. The molecule has 17 heavy (non-hydrogen) atoms. The van der Waals surface area contributed by atoms with Gasteiger partial charge in [0, 0.05) is 5.56 Å². The Bertz CT molecular complexity index is 435. The van der Waals surface area contributed by atoms with E-state index in [0.717, 1.165) is 29.0 Å². The van der Waals surface area contributed by atoms with Gasteiger partial charge in [0.1, 0.15) is 0 Å². The van der Waals surface area contributed by atoms with Crippen molar-refractivity contribution in [3.63, 3.8) is 0 Å². The van der Waals surface area contributed by atoms with E-state index < -0.39 is 0 Å². The predicted molar refractivity (Wildman–Crippen MR) is 61.1 cm³/mol. The van der Waals surface area contributed by atoms with Crippen molar-refractivity contribution in [2.45, 2.75) is 12.7 Å². The Hall–Kier alpha value is -1.52. The summed E-state index contributed by atoms with van der Waals surface area (Å²) < 4.78 is 21.8. The highest BCUT2D eigenvalue weighted by Crippen LogP contribution is 2.39. The molecule has 2 heterocycles. The van der Waals surface area contributed by atoms with Gasteiger partial charge in [0.25, 0.3) is 0 Å². The molecule has 1 aromatic carbocycles. The third-order valence-electron chi connectivity index (χ3n) is 2.87.